The van der Waals surface area contributed by atoms with E-state index >= 15 is 0 Å². The van der Waals surface area contributed by atoms with Crippen LogP contribution in [0.5, 0.6) is 0 Å². The van der Waals surface area contributed by atoms with Gasteiger partial charge in [-0.3, -0.25) is 0 Å². The first-order valence-electron chi connectivity index (χ1n) is 13.1. The zero-order valence-electron chi connectivity index (χ0n) is 23.2. The van der Waals surface area contributed by atoms with Crippen molar-refractivity contribution in [3.63, 3.8) is 0 Å². The fourth-order valence-corrected chi connectivity index (χ4v) is 4.69. The molecule has 0 saturated heterocycles. The van der Waals surface area contributed by atoms with Crippen LogP contribution in [0.3, 0.4) is 0 Å². The van der Waals surface area contributed by atoms with E-state index < -0.39 is 0 Å². The van der Waals surface area contributed by atoms with E-state index in [1.165, 1.54) is 108 Å². The van der Waals surface area contributed by atoms with Crippen LogP contribution in [-0.4, -0.2) is 37.7 Å². The Morgan fingerprint density at radius 1 is 0.613 bits per heavy atom. The molecule has 0 nitrogen and oxygen atoms in total. The summed E-state index contributed by atoms with van der Waals surface area (Å²) in [5, 5.41) is 0. The summed E-state index contributed by atoms with van der Waals surface area (Å²) in [6.45, 7) is 6.59. The zero-order chi connectivity index (χ0) is 21.8. The van der Waals surface area contributed by atoms with Gasteiger partial charge in [-0.15, -0.1) is 0 Å². The SMILES string of the molecule is C/C=C\C(/C=C\C)(CCCCCCCCCCCCCCCCC)c1ccccc1.[Ca+2].[H-].[H-]. The molecule has 0 saturated carbocycles. The third-order valence-corrected chi connectivity index (χ3v) is 6.43. The molecule has 174 valence electrons. The van der Waals surface area contributed by atoms with Gasteiger partial charge in [-0.25, -0.2) is 0 Å². The van der Waals surface area contributed by atoms with Gasteiger partial charge in [0.2, 0.25) is 0 Å². The van der Waals surface area contributed by atoms with E-state index in [9.17, 15) is 0 Å². The van der Waals surface area contributed by atoms with Gasteiger partial charge in [-0.2, -0.15) is 0 Å². The Bertz CT molecular complexity index is 542. The van der Waals surface area contributed by atoms with Crippen LogP contribution in [-0.2, 0) is 5.41 Å². The Morgan fingerprint density at radius 2 is 1.00 bits per heavy atom. The minimum atomic E-state index is 0. The Balaban J connectivity index is -0.00000300. The van der Waals surface area contributed by atoms with Crippen molar-refractivity contribution in [3.8, 4) is 0 Å². The maximum atomic E-state index is 2.39. The van der Waals surface area contributed by atoms with Crippen LogP contribution >= 0.6 is 0 Å². The smallest absolute Gasteiger partial charge is 1.00 e. The van der Waals surface area contributed by atoms with Crippen molar-refractivity contribution in [3.05, 3.63) is 60.2 Å². The first kappa shape index (κ1) is 31.0. The molecule has 0 radical (unpaired) electrons. The number of unbranched alkanes of at least 4 members (excludes halogenated alkanes) is 14. The molecule has 1 heteroatoms. The predicted molar refractivity (Wildman–Crippen MR) is 145 cm³/mol. The van der Waals surface area contributed by atoms with E-state index in [0.29, 0.717) is 0 Å². The van der Waals surface area contributed by atoms with E-state index in [2.05, 4.69) is 75.4 Å². The average molecular weight is 453 g/mol. The van der Waals surface area contributed by atoms with Crippen LogP contribution in [0, 0.1) is 0 Å². The molecule has 0 N–H and O–H groups in total. The van der Waals surface area contributed by atoms with Gasteiger partial charge in [0.15, 0.2) is 0 Å². The summed E-state index contributed by atoms with van der Waals surface area (Å²) < 4.78 is 0. The van der Waals surface area contributed by atoms with Crippen LogP contribution in [0.4, 0.5) is 0 Å². The maximum absolute atomic E-state index is 2.39. The summed E-state index contributed by atoms with van der Waals surface area (Å²) in [4.78, 5) is 0. The van der Waals surface area contributed by atoms with Gasteiger partial charge in [0.1, 0.15) is 0 Å². The normalized spacial score (nSPS) is 12.0. The topological polar surface area (TPSA) is 0 Å². The molecule has 0 fully saturated rings. The van der Waals surface area contributed by atoms with Gasteiger partial charge in [0.25, 0.3) is 0 Å². The number of hydrogen-bond donors (Lipinski definition) is 0. The molecule has 31 heavy (non-hydrogen) atoms. The molecule has 0 aliphatic carbocycles. The molecule has 1 rings (SSSR count). The van der Waals surface area contributed by atoms with Crippen molar-refractivity contribution in [2.45, 2.75) is 129 Å². The number of hydrogen-bond acceptors (Lipinski definition) is 0. The summed E-state index contributed by atoms with van der Waals surface area (Å²) in [6.07, 6.45) is 31.8. The van der Waals surface area contributed by atoms with E-state index in [0.717, 1.165) is 0 Å². The van der Waals surface area contributed by atoms with Crippen molar-refractivity contribution in [1.82, 2.24) is 0 Å². The van der Waals surface area contributed by atoms with Gasteiger partial charge in [0, 0.05) is 5.41 Å². The third-order valence-electron chi connectivity index (χ3n) is 6.43. The summed E-state index contributed by atoms with van der Waals surface area (Å²) in [5.41, 5.74) is 1.49. The van der Waals surface area contributed by atoms with Crippen molar-refractivity contribution < 1.29 is 2.85 Å². The summed E-state index contributed by atoms with van der Waals surface area (Å²) in [6, 6.07) is 11.0. The van der Waals surface area contributed by atoms with Crippen LogP contribution in [0.15, 0.2) is 54.6 Å². The minimum Gasteiger partial charge on any atom is -1.00 e. The van der Waals surface area contributed by atoms with Crippen molar-refractivity contribution in [2.75, 3.05) is 0 Å². The molecule has 0 aliphatic rings. The number of allylic oxidation sites excluding steroid dienone is 4. The fourth-order valence-electron chi connectivity index (χ4n) is 4.69. The first-order chi connectivity index (χ1) is 14.8. The molecule has 0 aromatic heterocycles. The maximum Gasteiger partial charge on any atom is 2.00 e. The van der Waals surface area contributed by atoms with E-state index in [1.54, 1.807) is 0 Å². The molecule has 1 aromatic rings. The van der Waals surface area contributed by atoms with E-state index in [4.69, 9.17) is 0 Å². The second-order valence-electron chi connectivity index (χ2n) is 9.11. The largest absolute Gasteiger partial charge is 2.00 e. The Hall–Kier alpha value is -0.0403. The molecular formula is C30H52Ca. The summed E-state index contributed by atoms with van der Waals surface area (Å²) in [7, 11) is 0. The monoisotopic (exact) mass is 452 g/mol. The van der Waals surface area contributed by atoms with Gasteiger partial charge in [0.05, 0.1) is 0 Å². The Labute approximate surface area is 228 Å². The molecule has 1 aromatic carbocycles. The number of benzene rings is 1. The van der Waals surface area contributed by atoms with Crippen molar-refractivity contribution >= 4 is 37.7 Å². The van der Waals surface area contributed by atoms with Gasteiger partial charge in [-0.05, 0) is 25.8 Å². The second-order valence-corrected chi connectivity index (χ2v) is 9.11. The van der Waals surface area contributed by atoms with Gasteiger partial charge in [-0.1, -0.05) is 158 Å². The Kier molecular flexibility index (Phi) is 21.8. The van der Waals surface area contributed by atoms with Crippen molar-refractivity contribution in [2.24, 2.45) is 0 Å². The zero-order valence-corrected chi connectivity index (χ0v) is 23.4. The summed E-state index contributed by atoms with van der Waals surface area (Å²) >= 11 is 0. The van der Waals surface area contributed by atoms with Crippen molar-refractivity contribution in [1.29, 1.82) is 0 Å². The molecular weight excluding hydrogens is 400 g/mol. The second kappa shape index (κ2) is 21.8. The first-order valence-corrected chi connectivity index (χ1v) is 13.1. The summed E-state index contributed by atoms with van der Waals surface area (Å²) in [5.74, 6) is 0. The quantitative estimate of drug-likeness (QED) is 0.111. The third kappa shape index (κ3) is 14.7. The van der Waals surface area contributed by atoms with Crippen LogP contribution in [0.1, 0.15) is 132 Å². The van der Waals surface area contributed by atoms with Crippen LogP contribution in [0.25, 0.3) is 0 Å². The molecule has 0 bridgehead atoms. The molecule has 0 atom stereocenters. The minimum absolute atomic E-state index is 0. The van der Waals surface area contributed by atoms with Gasteiger partial charge < -0.3 is 2.85 Å². The standard InChI is InChI=1S/C30H50.Ca.2H/c1-4-7-8-9-10-11-12-13-14-15-16-17-18-19-23-28-30(26-5-2,27-6-3)29-24-21-20-22-25-29;;;/h5-6,20-22,24-27H,4,7-19,23,28H2,1-3H3;;;/q;+2;2*-1/b26-5-,27-6-;;;. The number of rotatable bonds is 19. The molecule has 0 spiro atoms. The molecule has 0 unspecified atom stereocenters. The molecule has 0 aliphatic heterocycles. The molecule has 0 amide bonds. The predicted octanol–water partition coefficient (Wildman–Crippen LogP) is 10.2. The van der Waals surface area contributed by atoms with E-state index in [-0.39, 0.29) is 46.0 Å². The average Bonchev–Trinajstić information content (AvgIpc) is 2.77. The van der Waals surface area contributed by atoms with Crippen LogP contribution < -0.4 is 0 Å². The fraction of sp³-hybridized carbons (Fsp3) is 0.667. The van der Waals surface area contributed by atoms with Gasteiger partial charge >= 0.3 is 37.7 Å². The molecule has 0 heterocycles. The van der Waals surface area contributed by atoms with E-state index in [1.807, 2.05) is 0 Å². The van der Waals surface area contributed by atoms with Crippen LogP contribution in [0.2, 0.25) is 0 Å². The Morgan fingerprint density at radius 3 is 1.39 bits per heavy atom.